The summed E-state index contributed by atoms with van der Waals surface area (Å²) in [6.07, 6.45) is 2.64. The van der Waals surface area contributed by atoms with Gasteiger partial charge in [0, 0.05) is 6.08 Å². The van der Waals surface area contributed by atoms with Crippen LogP contribution in [0.3, 0.4) is 0 Å². The minimum Gasteiger partial charge on any atom is -0.491 e. The normalized spacial score (nSPS) is 13.9. The molecule has 1 rings (SSSR count). The lowest BCUT2D eigenvalue weighted by molar-refractivity contribution is -0.124. The van der Waals surface area contributed by atoms with Crippen LogP contribution >= 0.6 is 0 Å². The number of allylic oxidation sites excluding steroid dienone is 1. The van der Waals surface area contributed by atoms with E-state index in [1.54, 1.807) is 30.3 Å². The van der Waals surface area contributed by atoms with Crippen molar-refractivity contribution in [2.75, 3.05) is 13.2 Å². The SMILES string of the molecule is C[C@H](C/C=C/C(=O)NO)[C@@H](O)c1ccc(OCCO)cc1. The molecule has 0 heterocycles. The Morgan fingerprint density at radius 3 is 2.62 bits per heavy atom. The summed E-state index contributed by atoms with van der Waals surface area (Å²) in [5.74, 6) is -0.0498. The Balaban J connectivity index is 2.55. The molecule has 6 nitrogen and oxygen atoms in total. The number of hydrogen-bond acceptors (Lipinski definition) is 5. The fourth-order valence-electron chi connectivity index (χ4n) is 1.81. The Morgan fingerprint density at radius 1 is 1.38 bits per heavy atom. The molecule has 0 aliphatic carbocycles. The molecule has 6 heteroatoms. The summed E-state index contributed by atoms with van der Waals surface area (Å²) in [7, 11) is 0. The van der Waals surface area contributed by atoms with Crippen molar-refractivity contribution in [3.8, 4) is 5.75 Å². The second kappa shape index (κ2) is 9.12. The van der Waals surface area contributed by atoms with Gasteiger partial charge in [0.05, 0.1) is 12.7 Å². The van der Waals surface area contributed by atoms with Crippen LogP contribution in [0.15, 0.2) is 36.4 Å². The van der Waals surface area contributed by atoms with Gasteiger partial charge in [0.15, 0.2) is 0 Å². The Hall–Kier alpha value is -1.89. The topological polar surface area (TPSA) is 99.0 Å². The van der Waals surface area contributed by atoms with Gasteiger partial charge in [-0.3, -0.25) is 10.0 Å². The molecular weight excluding hydrogens is 274 g/mol. The average Bonchev–Trinajstić information content (AvgIpc) is 2.52. The number of hydroxylamine groups is 1. The van der Waals surface area contributed by atoms with Gasteiger partial charge in [-0.15, -0.1) is 0 Å². The van der Waals surface area contributed by atoms with Crippen molar-refractivity contribution in [1.82, 2.24) is 5.48 Å². The van der Waals surface area contributed by atoms with Gasteiger partial charge in [0.25, 0.3) is 5.91 Å². The first-order valence-electron chi connectivity index (χ1n) is 6.70. The molecule has 0 aliphatic rings. The van der Waals surface area contributed by atoms with Crippen LogP contribution in [0.5, 0.6) is 5.75 Å². The summed E-state index contributed by atoms with van der Waals surface area (Å²) in [5, 5.41) is 27.2. The van der Waals surface area contributed by atoms with E-state index in [1.807, 2.05) is 6.92 Å². The van der Waals surface area contributed by atoms with Crippen molar-refractivity contribution in [2.24, 2.45) is 5.92 Å². The number of hydrogen-bond donors (Lipinski definition) is 4. The highest BCUT2D eigenvalue weighted by atomic mass is 16.5. The van der Waals surface area contributed by atoms with Gasteiger partial charge in [-0.1, -0.05) is 25.1 Å². The molecule has 0 fully saturated rings. The second-order valence-electron chi connectivity index (χ2n) is 4.68. The minimum atomic E-state index is -0.668. The molecule has 0 saturated carbocycles. The Kier molecular flexibility index (Phi) is 7.45. The quantitative estimate of drug-likeness (QED) is 0.328. The maximum absolute atomic E-state index is 10.8. The number of carbonyl (C=O) groups excluding carboxylic acids is 1. The molecule has 2 atom stereocenters. The molecule has 116 valence electrons. The van der Waals surface area contributed by atoms with E-state index >= 15 is 0 Å². The van der Waals surface area contributed by atoms with Crippen LogP contribution in [0, 0.1) is 5.92 Å². The molecule has 1 amide bonds. The summed E-state index contributed by atoms with van der Waals surface area (Å²) in [4.78, 5) is 10.8. The van der Waals surface area contributed by atoms with Crippen molar-refractivity contribution < 1.29 is 25.0 Å². The third kappa shape index (κ3) is 5.95. The highest BCUT2D eigenvalue weighted by Gasteiger charge is 2.15. The minimum absolute atomic E-state index is 0.0465. The summed E-state index contributed by atoms with van der Waals surface area (Å²) in [6.45, 7) is 2.05. The molecular formula is C15H21NO5. The summed E-state index contributed by atoms with van der Waals surface area (Å²) < 4.78 is 5.24. The highest BCUT2D eigenvalue weighted by Crippen LogP contribution is 2.26. The van der Waals surface area contributed by atoms with Gasteiger partial charge in [-0.25, -0.2) is 5.48 Å². The van der Waals surface area contributed by atoms with E-state index in [2.05, 4.69) is 0 Å². The molecule has 0 spiro atoms. The summed E-state index contributed by atoms with van der Waals surface area (Å²) >= 11 is 0. The Morgan fingerprint density at radius 2 is 2.05 bits per heavy atom. The fourth-order valence-corrected chi connectivity index (χ4v) is 1.81. The largest absolute Gasteiger partial charge is 0.491 e. The maximum Gasteiger partial charge on any atom is 0.267 e. The van der Waals surface area contributed by atoms with Crippen LogP contribution < -0.4 is 10.2 Å². The summed E-state index contributed by atoms with van der Waals surface area (Å²) in [6, 6.07) is 6.99. The third-order valence-electron chi connectivity index (χ3n) is 3.01. The molecule has 21 heavy (non-hydrogen) atoms. The number of ether oxygens (including phenoxy) is 1. The van der Waals surface area contributed by atoms with E-state index in [9.17, 15) is 9.90 Å². The second-order valence-corrected chi connectivity index (χ2v) is 4.68. The number of nitrogens with one attached hydrogen (secondary N) is 1. The fraction of sp³-hybridized carbons (Fsp3) is 0.400. The standard InChI is InChI=1S/C15H21NO5/c1-11(3-2-4-14(18)16-20)15(19)12-5-7-13(8-6-12)21-10-9-17/h2,4-8,11,15,17,19-20H,3,9-10H2,1H3,(H,16,18)/b4-2+/t11-,15-/m1/s1. The Labute approximate surface area is 123 Å². The van der Waals surface area contributed by atoms with E-state index in [1.165, 1.54) is 11.6 Å². The van der Waals surface area contributed by atoms with Crippen LogP contribution in [0.1, 0.15) is 25.0 Å². The van der Waals surface area contributed by atoms with Gasteiger partial charge < -0.3 is 14.9 Å². The zero-order chi connectivity index (χ0) is 15.7. The summed E-state index contributed by atoms with van der Waals surface area (Å²) in [5.41, 5.74) is 2.25. The number of amides is 1. The number of rotatable bonds is 8. The number of benzene rings is 1. The first kappa shape index (κ1) is 17.2. The lowest BCUT2D eigenvalue weighted by Crippen LogP contribution is -2.15. The average molecular weight is 295 g/mol. The van der Waals surface area contributed by atoms with Crippen molar-refractivity contribution in [3.63, 3.8) is 0 Å². The smallest absolute Gasteiger partial charge is 0.267 e. The van der Waals surface area contributed by atoms with Crippen LogP contribution in [-0.4, -0.2) is 34.5 Å². The van der Waals surface area contributed by atoms with Crippen molar-refractivity contribution >= 4 is 5.91 Å². The van der Waals surface area contributed by atoms with Crippen molar-refractivity contribution in [1.29, 1.82) is 0 Å². The van der Waals surface area contributed by atoms with Gasteiger partial charge in [0.2, 0.25) is 0 Å². The first-order valence-corrected chi connectivity index (χ1v) is 6.70. The van der Waals surface area contributed by atoms with Gasteiger partial charge >= 0.3 is 0 Å². The third-order valence-corrected chi connectivity index (χ3v) is 3.01. The molecule has 1 aromatic carbocycles. The van der Waals surface area contributed by atoms with Crippen molar-refractivity contribution in [3.05, 3.63) is 42.0 Å². The molecule has 1 aromatic rings. The molecule has 0 saturated heterocycles. The van der Waals surface area contributed by atoms with E-state index in [0.29, 0.717) is 12.2 Å². The van der Waals surface area contributed by atoms with Crippen LogP contribution in [0.2, 0.25) is 0 Å². The zero-order valence-electron chi connectivity index (χ0n) is 11.9. The predicted molar refractivity (Wildman–Crippen MR) is 76.8 cm³/mol. The number of carbonyl (C=O) groups is 1. The molecule has 0 aliphatic heterocycles. The zero-order valence-corrected chi connectivity index (χ0v) is 11.9. The number of aliphatic hydroxyl groups excluding tert-OH is 2. The van der Waals surface area contributed by atoms with E-state index in [4.69, 9.17) is 15.1 Å². The van der Waals surface area contributed by atoms with Gasteiger partial charge in [0.1, 0.15) is 12.4 Å². The van der Waals surface area contributed by atoms with Crippen LogP contribution in [0.4, 0.5) is 0 Å². The Bertz CT molecular complexity index is 458. The van der Waals surface area contributed by atoms with Crippen molar-refractivity contribution in [2.45, 2.75) is 19.4 Å². The van der Waals surface area contributed by atoms with Crippen LogP contribution in [0.25, 0.3) is 0 Å². The molecule has 0 unspecified atom stereocenters. The number of aliphatic hydroxyl groups is 2. The molecule has 0 bridgehead atoms. The van der Waals surface area contributed by atoms with E-state index < -0.39 is 12.0 Å². The molecule has 0 radical (unpaired) electrons. The first-order chi connectivity index (χ1) is 10.1. The van der Waals surface area contributed by atoms with Gasteiger partial charge in [-0.05, 0) is 30.0 Å². The van der Waals surface area contributed by atoms with E-state index in [-0.39, 0.29) is 19.1 Å². The highest BCUT2D eigenvalue weighted by molar-refractivity contribution is 5.86. The van der Waals surface area contributed by atoms with E-state index in [0.717, 1.165) is 5.56 Å². The molecule has 4 N–H and O–H groups in total. The maximum atomic E-state index is 10.8. The molecule has 0 aromatic heterocycles. The lowest BCUT2D eigenvalue weighted by atomic mass is 9.94. The van der Waals surface area contributed by atoms with Crippen LogP contribution in [-0.2, 0) is 4.79 Å². The monoisotopic (exact) mass is 295 g/mol. The predicted octanol–water partition coefficient (Wildman–Crippen LogP) is 1.18. The lowest BCUT2D eigenvalue weighted by Gasteiger charge is -2.18. The van der Waals surface area contributed by atoms with Gasteiger partial charge in [-0.2, -0.15) is 0 Å².